The van der Waals surface area contributed by atoms with Crippen LogP contribution in [0.25, 0.3) is 5.69 Å². The summed E-state index contributed by atoms with van der Waals surface area (Å²) in [6.07, 6.45) is -2.19. The van der Waals surface area contributed by atoms with Crippen molar-refractivity contribution < 1.29 is 18.0 Å². The van der Waals surface area contributed by atoms with E-state index in [-0.39, 0.29) is 11.9 Å². The van der Waals surface area contributed by atoms with Gasteiger partial charge < -0.3 is 10.2 Å². The molecule has 1 aromatic carbocycles. The van der Waals surface area contributed by atoms with Gasteiger partial charge in [0.2, 0.25) is 0 Å². The van der Waals surface area contributed by atoms with Crippen molar-refractivity contribution in [2.45, 2.75) is 32.0 Å². The van der Waals surface area contributed by atoms with Gasteiger partial charge in [0.25, 0.3) is 5.91 Å². The fraction of sp³-hybridized carbons (Fsp3) is 0.318. The lowest BCUT2D eigenvalue weighted by Gasteiger charge is -2.33. The number of anilines is 1. The van der Waals surface area contributed by atoms with Crippen LogP contribution in [0.15, 0.2) is 54.7 Å². The Morgan fingerprint density at radius 3 is 2.42 bits per heavy atom. The summed E-state index contributed by atoms with van der Waals surface area (Å²) in [5.74, 6) is 0.277. The molecule has 0 atom stereocenters. The highest BCUT2D eigenvalue weighted by molar-refractivity contribution is 5.92. The Hall–Kier alpha value is -3.36. The summed E-state index contributed by atoms with van der Waals surface area (Å²) >= 11 is 0. The molecule has 1 N–H and O–H groups in total. The van der Waals surface area contributed by atoms with Gasteiger partial charge in [0.15, 0.2) is 5.69 Å². The van der Waals surface area contributed by atoms with Crippen LogP contribution in [-0.4, -0.2) is 39.8 Å². The molecule has 3 aromatic rings. The smallest absolute Gasteiger partial charge is 0.356 e. The Labute approximate surface area is 177 Å². The lowest BCUT2D eigenvalue weighted by molar-refractivity contribution is -0.137. The number of aromatic nitrogens is 3. The van der Waals surface area contributed by atoms with Crippen molar-refractivity contribution in [2.24, 2.45) is 0 Å². The minimum Gasteiger partial charge on any atom is -0.356 e. The molecular weight excluding hydrogens is 407 g/mol. The molecule has 6 nitrogen and oxygen atoms in total. The minimum absolute atomic E-state index is 0.0274. The largest absolute Gasteiger partial charge is 0.417 e. The number of nitrogens with zero attached hydrogens (tertiary/aromatic N) is 4. The molecule has 1 saturated heterocycles. The number of halogens is 3. The van der Waals surface area contributed by atoms with Crippen LogP contribution in [0.4, 0.5) is 19.0 Å². The number of para-hydroxylation sites is 1. The first kappa shape index (κ1) is 20.9. The lowest BCUT2D eigenvalue weighted by Crippen LogP contribution is -2.45. The molecule has 9 heteroatoms. The predicted molar refractivity (Wildman–Crippen MR) is 110 cm³/mol. The average Bonchev–Trinajstić information content (AvgIpc) is 3.16. The number of hydrogen-bond donors (Lipinski definition) is 1. The quantitative estimate of drug-likeness (QED) is 0.681. The fourth-order valence-electron chi connectivity index (χ4n) is 3.67. The second kappa shape index (κ2) is 8.41. The van der Waals surface area contributed by atoms with Crippen LogP contribution in [0.3, 0.4) is 0 Å². The number of aryl methyl sites for hydroxylation is 1. The van der Waals surface area contributed by atoms with Crippen LogP contribution in [0.1, 0.15) is 34.6 Å². The lowest BCUT2D eigenvalue weighted by atomic mass is 10.0. The molecule has 1 fully saturated rings. The highest BCUT2D eigenvalue weighted by atomic mass is 19.4. The number of pyridine rings is 1. The van der Waals surface area contributed by atoms with Crippen LogP contribution in [0.5, 0.6) is 0 Å². The predicted octanol–water partition coefficient (Wildman–Crippen LogP) is 3.99. The topological polar surface area (TPSA) is 63.1 Å². The maximum absolute atomic E-state index is 12.7. The zero-order valence-corrected chi connectivity index (χ0v) is 16.9. The van der Waals surface area contributed by atoms with Crippen LogP contribution < -0.4 is 10.2 Å². The van der Waals surface area contributed by atoms with Crippen molar-refractivity contribution in [2.75, 3.05) is 18.0 Å². The molecule has 1 amide bonds. The first-order chi connectivity index (χ1) is 14.8. The summed E-state index contributed by atoms with van der Waals surface area (Å²) < 4.78 is 39.8. The molecule has 4 rings (SSSR count). The number of carbonyl (C=O) groups is 1. The second-order valence-electron chi connectivity index (χ2n) is 7.56. The molecule has 0 radical (unpaired) electrons. The number of alkyl halides is 3. The molecule has 162 valence electrons. The number of carbonyl (C=O) groups excluding carboxylic acids is 1. The van der Waals surface area contributed by atoms with Gasteiger partial charge in [-0.05, 0) is 50.1 Å². The van der Waals surface area contributed by atoms with Crippen LogP contribution in [-0.2, 0) is 6.18 Å². The highest BCUT2D eigenvalue weighted by Crippen LogP contribution is 2.29. The number of rotatable bonds is 4. The summed E-state index contributed by atoms with van der Waals surface area (Å²) in [7, 11) is 0. The first-order valence-electron chi connectivity index (χ1n) is 10.0. The first-order valence-corrected chi connectivity index (χ1v) is 10.0. The fourth-order valence-corrected chi connectivity index (χ4v) is 3.67. The Kier molecular flexibility index (Phi) is 5.67. The minimum atomic E-state index is -4.39. The second-order valence-corrected chi connectivity index (χ2v) is 7.56. The molecular formula is C22H22F3N5O. The maximum atomic E-state index is 12.7. The van der Waals surface area contributed by atoms with E-state index in [0.29, 0.717) is 37.4 Å². The Balaban J connectivity index is 1.34. The van der Waals surface area contributed by atoms with Crippen LogP contribution >= 0.6 is 0 Å². The Morgan fingerprint density at radius 2 is 1.81 bits per heavy atom. The van der Waals surface area contributed by atoms with Crippen molar-refractivity contribution in [1.29, 1.82) is 0 Å². The Morgan fingerprint density at radius 1 is 1.10 bits per heavy atom. The van der Waals surface area contributed by atoms with Gasteiger partial charge in [0.05, 0.1) is 11.3 Å². The zero-order chi connectivity index (χ0) is 22.0. The Bertz CT molecular complexity index is 1040. The molecule has 0 saturated carbocycles. The third-order valence-electron chi connectivity index (χ3n) is 5.35. The zero-order valence-electron chi connectivity index (χ0n) is 16.9. The van der Waals surface area contributed by atoms with Gasteiger partial charge in [-0.2, -0.15) is 18.3 Å². The van der Waals surface area contributed by atoms with Crippen molar-refractivity contribution in [3.63, 3.8) is 0 Å². The molecule has 1 aliphatic rings. The van der Waals surface area contributed by atoms with Crippen LogP contribution in [0.2, 0.25) is 0 Å². The highest BCUT2D eigenvalue weighted by Gasteiger charge is 2.31. The van der Waals surface area contributed by atoms with Gasteiger partial charge in [-0.1, -0.05) is 18.2 Å². The van der Waals surface area contributed by atoms with E-state index in [1.807, 2.05) is 42.2 Å². The van der Waals surface area contributed by atoms with E-state index in [1.165, 1.54) is 6.07 Å². The summed E-state index contributed by atoms with van der Waals surface area (Å²) in [6.45, 7) is 3.09. The van der Waals surface area contributed by atoms with E-state index < -0.39 is 11.7 Å². The number of benzene rings is 1. The summed E-state index contributed by atoms with van der Waals surface area (Å²) in [5.41, 5.74) is 1.34. The molecule has 2 aromatic heterocycles. The standard InChI is InChI=1S/C22H22F3N5O/c1-15-13-19(28-30(15)18-5-3-2-4-6-18)21(31)27-17-9-11-29(12-10-17)20-8-7-16(14-26-20)22(23,24)25/h2-8,13-14,17H,9-12H2,1H3,(H,27,31). The molecule has 31 heavy (non-hydrogen) atoms. The van der Waals surface area contributed by atoms with E-state index >= 15 is 0 Å². The van der Waals surface area contributed by atoms with E-state index in [1.54, 1.807) is 10.7 Å². The van der Waals surface area contributed by atoms with Gasteiger partial charge in [0, 0.05) is 31.0 Å². The van der Waals surface area contributed by atoms with E-state index in [9.17, 15) is 18.0 Å². The van der Waals surface area contributed by atoms with Crippen molar-refractivity contribution in [3.8, 4) is 5.69 Å². The van der Waals surface area contributed by atoms with Gasteiger partial charge in [0.1, 0.15) is 5.82 Å². The molecule has 0 bridgehead atoms. The van der Waals surface area contributed by atoms with Gasteiger partial charge in [-0.25, -0.2) is 9.67 Å². The number of hydrogen-bond acceptors (Lipinski definition) is 4. The SMILES string of the molecule is Cc1cc(C(=O)NC2CCN(c3ccc(C(F)(F)F)cn3)CC2)nn1-c1ccccc1. The third kappa shape index (κ3) is 4.70. The molecule has 0 spiro atoms. The van der Waals surface area contributed by atoms with Crippen molar-refractivity contribution >= 4 is 11.7 Å². The molecule has 0 aliphatic carbocycles. The van der Waals surface area contributed by atoms with E-state index in [2.05, 4.69) is 15.4 Å². The molecule has 3 heterocycles. The van der Waals surface area contributed by atoms with E-state index in [0.717, 1.165) is 23.6 Å². The number of nitrogens with one attached hydrogen (secondary N) is 1. The molecule has 1 aliphatic heterocycles. The summed E-state index contributed by atoms with van der Waals surface area (Å²) in [4.78, 5) is 18.6. The maximum Gasteiger partial charge on any atom is 0.417 e. The number of amides is 1. The van der Waals surface area contributed by atoms with Crippen LogP contribution in [0, 0.1) is 6.92 Å². The summed E-state index contributed by atoms with van der Waals surface area (Å²) in [6, 6.07) is 13.7. The van der Waals surface area contributed by atoms with Crippen molar-refractivity contribution in [3.05, 3.63) is 71.7 Å². The normalized spacial score (nSPS) is 15.2. The van der Waals surface area contributed by atoms with Gasteiger partial charge in [-0.15, -0.1) is 0 Å². The van der Waals surface area contributed by atoms with Crippen molar-refractivity contribution in [1.82, 2.24) is 20.1 Å². The van der Waals surface area contributed by atoms with Gasteiger partial charge in [-0.3, -0.25) is 4.79 Å². The van der Waals surface area contributed by atoms with Gasteiger partial charge >= 0.3 is 6.18 Å². The summed E-state index contributed by atoms with van der Waals surface area (Å²) in [5, 5.41) is 7.45. The molecule has 0 unspecified atom stereocenters. The van der Waals surface area contributed by atoms with E-state index in [4.69, 9.17) is 0 Å². The number of piperidine rings is 1. The monoisotopic (exact) mass is 429 g/mol. The third-order valence-corrected chi connectivity index (χ3v) is 5.35. The average molecular weight is 429 g/mol.